The summed E-state index contributed by atoms with van der Waals surface area (Å²) in [6, 6.07) is 25.4. The topological polar surface area (TPSA) is 93.6 Å². The molecule has 0 bridgehead atoms. The van der Waals surface area contributed by atoms with Crippen molar-refractivity contribution >= 4 is 11.6 Å². The van der Waals surface area contributed by atoms with Gasteiger partial charge in [0.1, 0.15) is 5.69 Å². The normalized spacial score (nSPS) is 13.7. The number of hydrogen-bond acceptors (Lipinski definition) is 4. The van der Waals surface area contributed by atoms with Gasteiger partial charge in [0.2, 0.25) is 0 Å². The minimum Gasteiger partial charge on any atom is -0.321 e. The zero-order valence-corrected chi connectivity index (χ0v) is 22.9. The van der Waals surface area contributed by atoms with Gasteiger partial charge in [0.15, 0.2) is 0 Å². The van der Waals surface area contributed by atoms with Crippen molar-refractivity contribution in [2.75, 3.05) is 11.9 Å². The molecule has 1 amide bonds. The van der Waals surface area contributed by atoms with Crippen molar-refractivity contribution in [1.82, 2.24) is 9.88 Å². The van der Waals surface area contributed by atoms with E-state index in [1.165, 1.54) is 10.6 Å². The van der Waals surface area contributed by atoms with Crippen LogP contribution in [-0.2, 0) is 12.6 Å². The third kappa shape index (κ3) is 6.22. The number of aromatic nitrogens is 1. The Labute approximate surface area is 242 Å². The van der Waals surface area contributed by atoms with Gasteiger partial charge in [-0.05, 0) is 91.4 Å². The zero-order valence-electron chi connectivity index (χ0n) is 22.9. The van der Waals surface area contributed by atoms with Gasteiger partial charge >= 0.3 is 6.18 Å². The number of benzene rings is 3. The van der Waals surface area contributed by atoms with Crippen molar-refractivity contribution in [1.29, 1.82) is 10.5 Å². The standard InChI is InChI=1S/C33H28F3N5O/c1-2-29-28(33(34,35)36)17-30(41(29)27-11-4-7-23(15-27)19-38)32(42)40-26-10-5-9-25(16-26)31(39-20-21-12-13-21)24-8-3-6-22(14-24)18-37/h3-11,14-17,21,31,39H,2,12-13,20H2,1H3,(H,40,42). The number of alkyl halides is 3. The van der Waals surface area contributed by atoms with E-state index in [1.54, 1.807) is 49.4 Å². The quantitative estimate of drug-likeness (QED) is 0.225. The molecule has 9 heteroatoms. The van der Waals surface area contributed by atoms with Gasteiger partial charge in [0.05, 0.1) is 34.9 Å². The molecule has 1 fully saturated rings. The number of nitrogens with one attached hydrogen (secondary N) is 2. The summed E-state index contributed by atoms with van der Waals surface area (Å²) in [5.41, 5.74) is 2.08. The highest BCUT2D eigenvalue weighted by molar-refractivity contribution is 6.04. The van der Waals surface area contributed by atoms with Gasteiger partial charge < -0.3 is 15.2 Å². The molecule has 1 unspecified atom stereocenters. The average molecular weight is 568 g/mol. The summed E-state index contributed by atoms with van der Waals surface area (Å²) < 4.78 is 43.4. The van der Waals surface area contributed by atoms with Gasteiger partial charge in [-0.1, -0.05) is 37.3 Å². The Morgan fingerprint density at radius 2 is 1.60 bits per heavy atom. The molecule has 1 aliphatic carbocycles. The fourth-order valence-corrected chi connectivity index (χ4v) is 5.13. The Morgan fingerprint density at radius 1 is 0.952 bits per heavy atom. The summed E-state index contributed by atoms with van der Waals surface area (Å²) in [5, 5.41) is 25.1. The molecule has 3 aromatic carbocycles. The lowest BCUT2D eigenvalue weighted by molar-refractivity contribution is -0.138. The van der Waals surface area contributed by atoms with E-state index in [0.29, 0.717) is 22.9 Å². The molecule has 42 heavy (non-hydrogen) atoms. The Kier molecular flexibility index (Phi) is 8.15. The monoisotopic (exact) mass is 567 g/mol. The summed E-state index contributed by atoms with van der Waals surface area (Å²) in [4.78, 5) is 13.6. The third-order valence-electron chi connectivity index (χ3n) is 7.34. The lowest BCUT2D eigenvalue weighted by atomic mass is 9.96. The van der Waals surface area contributed by atoms with E-state index in [9.17, 15) is 28.5 Å². The van der Waals surface area contributed by atoms with E-state index in [4.69, 9.17) is 0 Å². The molecule has 5 rings (SSSR count). The lowest BCUT2D eigenvalue weighted by Crippen LogP contribution is -2.25. The molecule has 1 aliphatic rings. The van der Waals surface area contributed by atoms with Crippen molar-refractivity contribution in [2.24, 2.45) is 5.92 Å². The summed E-state index contributed by atoms with van der Waals surface area (Å²) >= 11 is 0. The third-order valence-corrected chi connectivity index (χ3v) is 7.34. The number of hydrogen-bond donors (Lipinski definition) is 2. The van der Waals surface area contributed by atoms with Gasteiger partial charge in [-0.25, -0.2) is 0 Å². The number of nitriles is 2. The molecular weight excluding hydrogens is 539 g/mol. The van der Waals surface area contributed by atoms with E-state index in [2.05, 4.69) is 16.7 Å². The van der Waals surface area contributed by atoms with Gasteiger partial charge in [0.25, 0.3) is 5.91 Å². The van der Waals surface area contributed by atoms with Gasteiger partial charge in [-0.15, -0.1) is 0 Å². The molecule has 1 aromatic heterocycles. The van der Waals surface area contributed by atoms with E-state index in [-0.39, 0.29) is 29.4 Å². The fraction of sp³-hybridized carbons (Fsp3) is 0.242. The van der Waals surface area contributed by atoms with Crippen molar-refractivity contribution in [3.05, 3.63) is 118 Å². The van der Waals surface area contributed by atoms with E-state index in [0.717, 1.165) is 36.6 Å². The molecule has 0 aliphatic heterocycles. The van der Waals surface area contributed by atoms with Crippen molar-refractivity contribution < 1.29 is 18.0 Å². The highest BCUT2D eigenvalue weighted by Crippen LogP contribution is 2.37. The minimum absolute atomic E-state index is 0.0183. The molecule has 0 radical (unpaired) electrons. The van der Waals surface area contributed by atoms with Crippen molar-refractivity contribution in [3.8, 4) is 17.8 Å². The number of carbonyl (C=O) groups excluding carboxylic acids is 1. The lowest BCUT2D eigenvalue weighted by Gasteiger charge is -2.21. The Balaban J connectivity index is 1.51. The van der Waals surface area contributed by atoms with Crippen LogP contribution in [-0.4, -0.2) is 17.0 Å². The first-order valence-corrected chi connectivity index (χ1v) is 13.7. The molecule has 0 spiro atoms. The first kappa shape index (κ1) is 28.7. The van der Waals surface area contributed by atoms with Gasteiger partial charge in [0, 0.05) is 17.1 Å². The van der Waals surface area contributed by atoms with Crippen molar-refractivity contribution in [2.45, 2.75) is 38.4 Å². The first-order valence-electron chi connectivity index (χ1n) is 13.7. The number of amides is 1. The molecular formula is C33H28F3N5O. The second-order valence-corrected chi connectivity index (χ2v) is 10.3. The number of anilines is 1. The highest BCUT2D eigenvalue weighted by atomic mass is 19.4. The van der Waals surface area contributed by atoms with Crippen LogP contribution in [0.15, 0.2) is 78.9 Å². The van der Waals surface area contributed by atoms with Crippen LogP contribution in [0.25, 0.3) is 5.69 Å². The minimum atomic E-state index is -4.67. The van der Waals surface area contributed by atoms with E-state index < -0.39 is 17.6 Å². The van der Waals surface area contributed by atoms with Crippen LogP contribution in [0.1, 0.15) is 69.8 Å². The maximum absolute atomic E-state index is 14.0. The molecule has 4 aromatic rings. The fourth-order valence-electron chi connectivity index (χ4n) is 5.13. The number of nitrogens with zero attached hydrogens (tertiary/aromatic N) is 3. The maximum Gasteiger partial charge on any atom is 0.418 e. The van der Waals surface area contributed by atoms with Gasteiger partial charge in [-0.2, -0.15) is 23.7 Å². The smallest absolute Gasteiger partial charge is 0.321 e. The molecule has 1 atom stereocenters. The predicted octanol–water partition coefficient (Wildman–Crippen LogP) is 7.14. The number of carbonyl (C=O) groups is 1. The zero-order chi connectivity index (χ0) is 29.9. The molecule has 6 nitrogen and oxygen atoms in total. The van der Waals surface area contributed by atoms with Crippen LogP contribution in [0.3, 0.4) is 0 Å². The largest absolute Gasteiger partial charge is 0.418 e. The molecule has 1 heterocycles. The summed E-state index contributed by atoms with van der Waals surface area (Å²) in [7, 11) is 0. The molecule has 0 saturated heterocycles. The molecule has 2 N–H and O–H groups in total. The second-order valence-electron chi connectivity index (χ2n) is 10.3. The number of halogens is 3. The first-order chi connectivity index (χ1) is 20.2. The van der Waals surface area contributed by atoms with Crippen LogP contribution < -0.4 is 10.6 Å². The summed E-state index contributed by atoms with van der Waals surface area (Å²) in [6.45, 7) is 2.39. The van der Waals surface area contributed by atoms with Crippen molar-refractivity contribution in [3.63, 3.8) is 0 Å². The van der Waals surface area contributed by atoms with E-state index in [1.807, 2.05) is 30.3 Å². The predicted molar refractivity (Wildman–Crippen MR) is 153 cm³/mol. The Morgan fingerprint density at radius 3 is 2.24 bits per heavy atom. The number of rotatable bonds is 9. The Bertz CT molecular complexity index is 1710. The van der Waals surface area contributed by atoms with Crippen LogP contribution in [0, 0.1) is 28.6 Å². The second kappa shape index (κ2) is 11.9. The highest BCUT2D eigenvalue weighted by Gasteiger charge is 2.37. The van der Waals surface area contributed by atoms with Crippen LogP contribution >= 0.6 is 0 Å². The van der Waals surface area contributed by atoms with Crippen LogP contribution in [0.4, 0.5) is 18.9 Å². The summed E-state index contributed by atoms with van der Waals surface area (Å²) in [6.07, 6.45) is -2.34. The SMILES string of the molecule is CCc1c(C(F)(F)F)cc(C(=O)Nc2cccc(C(NCC3CC3)c3cccc(C#N)c3)c2)n1-c1cccc(C#N)c1. The average Bonchev–Trinajstić information content (AvgIpc) is 3.73. The molecule has 212 valence electrons. The maximum atomic E-state index is 14.0. The Hall–Kier alpha value is -4.86. The van der Waals surface area contributed by atoms with Crippen LogP contribution in [0.2, 0.25) is 0 Å². The van der Waals surface area contributed by atoms with Crippen LogP contribution in [0.5, 0.6) is 0 Å². The summed E-state index contributed by atoms with van der Waals surface area (Å²) in [5.74, 6) is -0.119. The van der Waals surface area contributed by atoms with Gasteiger partial charge in [-0.3, -0.25) is 4.79 Å². The molecule has 1 saturated carbocycles. The van der Waals surface area contributed by atoms with E-state index >= 15 is 0 Å².